The minimum absolute atomic E-state index is 0.715. The van der Waals surface area contributed by atoms with Crippen molar-refractivity contribution in [2.45, 2.75) is 26.3 Å². The van der Waals surface area contributed by atoms with Crippen molar-refractivity contribution < 1.29 is 4.74 Å². The molecule has 108 valence electrons. The van der Waals surface area contributed by atoms with E-state index in [9.17, 15) is 0 Å². The molecule has 2 heterocycles. The fraction of sp³-hybridized carbons (Fsp3) is 0.786. The molecule has 0 amide bonds. The Morgan fingerprint density at radius 1 is 1.53 bits per heavy atom. The number of nitrogens with one attached hydrogen (secondary N) is 1. The van der Waals surface area contributed by atoms with E-state index in [2.05, 4.69) is 32.9 Å². The summed E-state index contributed by atoms with van der Waals surface area (Å²) in [5.74, 6) is 1.84. The zero-order chi connectivity index (χ0) is 13.5. The number of hydrogen-bond acceptors (Lipinski definition) is 4. The molecule has 0 saturated carbocycles. The number of hydrogen-bond donors (Lipinski definition) is 1. The molecular formula is C14H26N4O. The molecule has 1 unspecified atom stereocenters. The van der Waals surface area contributed by atoms with Gasteiger partial charge in [-0.3, -0.25) is 0 Å². The minimum atomic E-state index is 0.715. The Hall–Kier alpha value is -1.07. The van der Waals surface area contributed by atoms with Gasteiger partial charge in [0.05, 0.1) is 6.61 Å². The maximum atomic E-state index is 5.06. The van der Waals surface area contributed by atoms with Gasteiger partial charge >= 0.3 is 0 Å². The second-order valence-electron chi connectivity index (χ2n) is 5.16. The summed E-state index contributed by atoms with van der Waals surface area (Å²) in [5, 5.41) is 3.47. The molecule has 0 aromatic carbocycles. The van der Waals surface area contributed by atoms with Crippen molar-refractivity contribution in [3.8, 4) is 0 Å². The van der Waals surface area contributed by atoms with Gasteiger partial charge in [0.25, 0.3) is 0 Å². The molecule has 1 fully saturated rings. The van der Waals surface area contributed by atoms with Crippen LogP contribution in [0.25, 0.3) is 0 Å². The fourth-order valence-corrected chi connectivity index (χ4v) is 2.73. The van der Waals surface area contributed by atoms with Crippen LogP contribution in [0.15, 0.2) is 12.4 Å². The topological polar surface area (TPSA) is 42.3 Å². The Bertz CT molecular complexity index is 366. The van der Waals surface area contributed by atoms with E-state index in [1.165, 1.54) is 12.8 Å². The summed E-state index contributed by atoms with van der Waals surface area (Å²) < 4.78 is 7.28. The van der Waals surface area contributed by atoms with Crippen LogP contribution in [0.5, 0.6) is 0 Å². The van der Waals surface area contributed by atoms with Crippen LogP contribution in [-0.2, 0) is 11.3 Å². The maximum absolute atomic E-state index is 5.06. The lowest BCUT2D eigenvalue weighted by Gasteiger charge is -2.33. The smallest absolute Gasteiger partial charge is 0.205 e. The van der Waals surface area contributed by atoms with Crippen molar-refractivity contribution in [3.05, 3.63) is 12.4 Å². The van der Waals surface area contributed by atoms with Gasteiger partial charge < -0.3 is 19.5 Å². The molecule has 1 saturated heterocycles. The van der Waals surface area contributed by atoms with E-state index in [0.29, 0.717) is 5.92 Å². The molecule has 1 aromatic heterocycles. The van der Waals surface area contributed by atoms with E-state index in [1.807, 2.05) is 6.20 Å². The van der Waals surface area contributed by atoms with Gasteiger partial charge in [0.1, 0.15) is 0 Å². The number of nitrogens with zero attached hydrogens (tertiary/aromatic N) is 3. The van der Waals surface area contributed by atoms with E-state index >= 15 is 0 Å². The molecule has 1 atom stereocenters. The Morgan fingerprint density at radius 2 is 2.42 bits per heavy atom. The van der Waals surface area contributed by atoms with Gasteiger partial charge in [-0.05, 0) is 32.2 Å². The van der Waals surface area contributed by atoms with Crippen LogP contribution in [0.4, 0.5) is 5.95 Å². The largest absolute Gasteiger partial charge is 0.383 e. The summed E-state index contributed by atoms with van der Waals surface area (Å²) in [4.78, 5) is 6.93. The first-order chi connectivity index (χ1) is 9.35. The minimum Gasteiger partial charge on any atom is -0.383 e. The summed E-state index contributed by atoms with van der Waals surface area (Å²) in [7, 11) is 1.74. The summed E-state index contributed by atoms with van der Waals surface area (Å²) >= 11 is 0. The van der Waals surface area contributed by atoms with Gasteiger partial charge in [-0.25, -0.2) is 4.98 Å². The van der Waals surface area contributed by atoms with E-state index in [4.69, 9.17) is 4.74 Å². The van der Waals surface area contributed by atoms with Gasteiger partial charge in [0.15, 0.2) is 0 Å². The summed E-state index contributed by atoms with van der Waals surface area (Å²) in [6, 6.07) is 0. The maximum Gasteiger partial charge on any atom is 0.205 e. The molecule has 5 nitrogen and oxygen atoms in total. The molecule has 1 N–H and O–H groups in total. The van der Waals surface area contributed by atoms with Crippen molar-refractivity contribution >= 4 is 5.95 Å². The average Bonchev–Trinajstić information content (AvgIpc) is 2.92. The first-order valence-corrected chi connectivity index (χ1v) is 7.31. The Labute approximate surface area is 116 Å². The number of rotatable bonds is 7. The van der Waals surface area contributed by atoms with Crippen molar-refractivity contribution in [2.24, 2.45) is 5.92 Å². The van der Waals surface area contributed by atoms with Crippen LogP contribution in [0, 0.1) is 5.92 Å². The normalized spacial score (nSPS) is 19.9. The lowest BCUT2D eigenvalue weighted by Crippen LogP contribution is -2.41. The third-order valence-electron chi connectivity index (χ3n) is 3.75. The highest BCUT2D eigenvalue weighted by Gasteiger charge is 2.22. The van der Waals surface area contributed by atoms with E-state index in [-0.39, 0.29) is 0 Å². The highest BCUT2D eigenvalue weighted by atomic mass is 16.5. The third kappa shape index (κ3) is 3.94. The molecule has 1 aromatic rings. The number of piperidine rings is 1. The zero-order valence-electron chi connectivity index (χ0n) is 12.1. The summed E-state index contributed by atoms with van der Waals surface area (Å²) in [6.07, 6.45) is 6.53. The number of methoxy groups -OCH3 is 1. The van der Waals surface area contributed by atoms with Crippen LogP contribution in [0.2, 0.25) is 0 Å². The predicted octanol–water partition coefficient (Wildman–Crippen LogP) is 1.36. The fourth-order valence-electron chi connectivity index (χ4n) is 2.73. The second kappa shape index (κ2) is 7.50. The molecule has 0 bridgehead atoms. The predicted molar refractivity (Wildman–Crippen MR) is 77.6 cm³/mol. The van der Waals surface area contributed by atoms with Gasteiger partial charge in [-0.15, -0.1) is 0 Å². The molecule has 0 aliphatic carbocycles. The Balaban J connectivity index is 1.83. The van der Waals surface area contributed by atoms with E-state index in [0.717, 1.165) is 45.3 Å². The SMILES string of the molecule is CCn1ccnc1N1CCCC(CNCCOC)C1. The number of ether oxygens (including phenoxy) is 1. The molecule has 5 heteroatoms. The lowest BCUT2D eigenvalue weighted by atomic mass is 9.98. The van der Waals surface area contributed by atoms with Crippen molar-refractivity contribution in [1.82, 2.24) is 14.9 Å². The molecule has 0 spiro atoms. The van der Waals surface area contributed by atoms with Gasteiger partial charge in [-0.1, -0.05) is 0 Å². The number of aromatic nitrogens is 2. The van der Waals surface area contributed by atoms with E-state index < -0.39 is 0 Å². The molecule has 2 rings (SSSR count). The molecule has 1 aliphatic heterocycles. The summed E-state index contributed by atoms with van der Waals surface area (Å²) in [6.45, 7) is 8.20. The van der Waals surface area contributed by atoms with Crippen LogP contribution >= 0.6 is 0 Å². The molecule has 0 radical (unpaired) electrons. The first-order valence-electron chi connectivity index (χ1n) is 7.31. The highest BCUT2D eigenvalue weighted by Crippen LogP contribution is 2.21. The van der Waals surface area contributed by atoms with Crippen LogP contribution in [0.3, 0.4) is 0 Å². The quantitative estimate of drug-likeness (QED) is 0.757. The Kier molecular flexibility index (Phi) is 5.66. The van der Waals surface area contributed by atoms with Crippen LogP contribution < -0.4 is 10.2 Å². The van der Waals surface area contributed by atoms with Crippen LogP contribution in [0.1, 0.15) is 19.8 Å². The highest BCUT2D eigenvalue weighted by molar-refractivity contribution is 5.32. The number of aryl methyl sites for hydroxylation is 1. The Morgan fingerprint density at radius 3 is 3.21 bits per heavy atom. The first kappa shape index (κ1) is 14.3. The van der Waals surface area contributed by atoms with Crippen molar-refractivity contribution in [2.75, 3.05) is 44.8 Å². The number of anilines is 1. The molecular weight excluding hydrogens is 240 g/mol. The summed E-state index contributed by atoms with van der Waals surface area (Å²) in [5.41, 5.74) is 0. The zero-order valence-corrected chi connectivity index (χ0v) is 12.1. The molecule has 1 aliphatic rings. The third-order valence-corrected chi connectivity index (χ3v) is 3.75. The van der Waals surface area contributed by atoms with Gasteiger partial charge in [0, 0.05) is 45.7 Å². The average molecular weight is 266 g/mol. The number of imidazole rings is 1. The van der Waals surface area contributed by atoms with Crippen LogP contribution in [-0.4, -0.2) is 49.4 Å². The van der Waals surface area contributed by atoms with Crippen molar-refractivity contribution in [3.63, 3.8) is 0 Å². The van der Waals surface area contributed by atoms with Gasteiger partial charge in [-0.2, -0.15) is 0 Å². The monoisotopic (exact) mass is 266 g/mol. The van der Waals surface area contributed by atoms with Gasteiger partial charge in [0.2, 0.25) is 5.95 Å². The standard InChI is InChI=1S/C14H26N4O/c1-3-17-9-6-16-14(17)18-8-4-5-13(12-18)11-15-7-10-19-2/h6,9,13,15H,3-5,7-8,10-12H2,1-2H3. The second-order valence-corrected chi connectivity index (χ2v) is 5.16. The van der Waals surface area contributed by atoms with Crippen molar-refractivity contribution in [1.29, 1.82) is 0 Å². The van der Waals surface area contributed by atoms with E-state index in [1.54, 1.807) is 7.11 Å². The lowest BCUT2D eigenvalue weighted by molar-refractivity contribution is 0.197. The molecule has 19 heavy (non-hydrogen) atoms.